The number of hydrogen-bond donors (Lipinski definition) is 2. The maximum absolute atomic E-state index is 9.91. The third-order valence-corrected chi connectivity index (χ3v) is 2.85. The monoisotopic (exact) mass is 248 g/mol. The standard InChI is InChI=1S/C15H24N2O/c1-3-7-14(16)10-15(18)12-17(2)11-13-8-5-4-6-9-13/h4-6,8-9,15-16,18H,3,7,10-12H2,1-2H3/t15-/m1/s1. The summed E-state index contributed by atoms with van der Waals surface area (Å²) >= 11 is 0. The second-order valence-corrected chi connectivity index (χ2v) is 4.89. The largest absolute Gasteiger partial charge is 0.391 e. The quantitative estimate of drug-likeness (QED) is 0.695. The lowest BCUT2D eigenvalue weighted by molar-refractivity contribution is 0.128. The number of likely N-dealkylation sites (N-methyl/N-ethyl adjacent to an activating group) is 1. The van der Waals surface area contributed by atoms with Gasteiger partial charge in [-0.1, -0.05) is 43.7 Å². The summed E-state index contributed by atoms with van der Waals surface area (Å²) in [6, 6.07) is 10.2. The molecule has 1 atom stereocenters. The smallest absolute Gasteiger partial charge is 0.0718 e. The van der Waals surface area contributed by atoms with E-state index < -0.39 is 6.10 Å². The van der Waals surface area contributed by atoms with E-state index in [-0.39, 0.29) is 0 Å². The van der Waals surface area contributed by atoms with E-state index in [1.54, 1.807) is 0 Å². The maximum atomic E-state index is 9.91. The van der Waals surface area contributed by atoms with Gasteiger partial charge in [0.2, 0.25) is 0 Å². The average Bonchev–Trinajstić information content (AvgIpc) is 2.29. The van der Waals surface area contributed by atoms with Gasteiger partial charge in [0.05, 0.1) is 6.10 Å². The van der Waals surface area contributed by atoms with Crippen molar-refractivity contribution in [1.82, 2.24) is 4.90 Å². The van der Waals surface area contributed by atoms with E-state index in [9.17, 15) is 5.11 Å². The maximum Gasteiger partial charge on any atom is 0.0718 e. The van der Waals surface area contributed by atoms with Gasteiger partial charge < -0.3 is 10.5 Å². The van der Waals surface area contributed by atoms with Gasteiger partial charge in [0.1, 0.15) is 0 Å². The minimum Gasteiger partial charge on any atom is -0.391 e. The highest BCUT2D eigenvalue weighted by atomic mass is 16.3. The number of hydrogen-bond acceptors (Lipinski definition) is 3. The first-order valence-corrected chi connectivity index (χ1v) is 6.58. The Morgan fingerprint density at radius 2 is 2.00 bits per heavy atom. The molecule has 3 nitrogen and oxygen atoms in total. The predicted molar refractivity (Wildman–Crippen MR) is 76.0 cm³/mol. The van der Waals surface area contributed by atoms with Crippen molar-refractivity contribution in [2.24, 2.45) is 0 Å². The van der Waals surface area contributed by atoms with E-state index in [2.05, 4.69) is 24.0 Å². The van der Waals surface area contributed by atoms with Crippen LogP contribution < -0.4 is 0 Å². The van der Waals surface area contributed by atoms with Crippen molar-refractivity contribution in [1.29, 1.82) is 5.41 Å². The molecule has 3 heteroatoms. The van der Waals surface area contributed by atoms with Crippen LogP contribution in [0.1, 0.15) is 31.7 Å². The molecule has 0 aliphatic rings. The van der Waals surface area contributed by atoms with Crippen molar-refractivity contribution >= 4 is 5.71 Å². The first-order chi connectivity index (χ1) is 8.61. The van der Waals surface area contributed by atoms with Crippen LogP contribution in [0.5, 0.6) is 0 Å². The molecule has 0 saturated heterocycles. The van der Waals surface area contributed by atoms with Crippen LogP contribution >= 0.6 is 0 Å². The minimum absolute atomic E-state index is 0.433. The van der Waals surface area contributed by atoms with Crippen LogP contribution in [-0.4, -0.2) is 35.4 Å². The molecule has 0 bridgehead atoms. The van der Waals surface area contributed by atoms with Crippen molar-refractivity contribution < 1.29 is 5.11 Å². The van der Waals surface area contributed by atoms with Crippen LogP contribution in [0.4, 0.5) is 0 Å². The summed E-state index contributed by atoms with van der Waals surface area (Å²) in [6.07, 6.45) is 1.83. The third-order valence-electron chi connectivity index (χ3n) is 2.85. The minimum atomic E-state index is -0.433. The van der Waals surface area contributed by atoms with Gasteiger partial charge in [0, 0.05) is 25.2 Å². The number of nitrogens with zero attached hydrogens (tertiary/aromatic N) is 1. The topological polar surface area (TPSA) is 47.3 Å². The molecular formula is C15H24N2O. The summed E-state index contributed by atoms with van der Waals surface area (Å²) < 4.78 is 0. The Hall–Kier alpha value is -1.19. The molecule has 1 aromatic rings. The molecule has 0 heterocycles. The van der Waals surface area contributed by atoms with E-state index in [0.29, 0.717) is 18.7 Å². The molecule has 1 rings (SSSR count). The summed E-state index contributed by atoms with van der Waals surface area (Å²) in [4.78, 5) is 2.10. The molecule has 0 aliphatic heterocycles. The third kappa shape index (κ3) is 5.94. The molecule has 18 heavy (non-hydrogen) atoms. The summed E-state index contributed by atoms with van der Waals surface area (Å²) in [5.74, 6) is 0. The van der Waals surface area contributed by atoms with Crippen LogP contribution in [0, 0.1) is 5.41 Å². The van der Waals surface area contributed by atoms with Crippen LogP contribution in [-0.2, 0) is 6.54 Å². The Labute approximate surface area is 110 Å². The number of nitrogens with one attached hydrogen (secondary N) is 1. The molecule has 0 spiro atoms. The Morgan fingerprint density at radius 1 is 1.33 bits per heavy atom. The van der Waals surface area contributed by atoms with Crippen LogP contribution in [0.25, 0.3) is 0 Å². The second kappa shape index (κ2) is 8.01. The molecule has 2 N–H and O–H groups in total. The molecule has 0 aliphatic carbocycles. The first kappa shape index (κ1) is 14.9. The van der Waals surface area contributed by atoms with Gasteiger partial charge in [-0.25, -0.2) is 0 Å². The Kier molecular flexibility index (Phi) is 6.61. The normalized spacial score (nSPS) is 12.7. The van der Waals surface area contributed by atoms with Gasteiger partial charge in [0.15, 0.2) is 0 Å². The summed E-state index contributed by atoms with van der Waals surface area (Å²) in [6.45, 7) is 3.50. The van der Waals surface area contributed by atoms with Gasteiger partial charge >= 0.3 is 0 Å². The van der Waals surface area contributed by atoms with Crippen LogP contribution in [0.2, 0.25) is 0 Å². The zero-order chi connectivity index (χ0) is 13.4. The molecule has 0 fully saturated rings. The predicted octanol–water partition coefficient (Wildman–Crippen LogP) is 2.69. The highest BCUT2D eigenvalue weighted by Gasteiger charge is 2.10. The summed E-state index contributed by atoms with van der Waals surface area (Å²) in [5, 5.41) is 17.6. The lowest BCUT2D eigenvalue weighted by Gasteiger charge is -2.20. The molecular weight excluding hydrogens is 224 g/mol. The van der Waals surface area contributed by atoms with Crippen molar-refractivity contribution in [3.05, 3.63) is 35.9 Å². The molecule has 0 amide bonds. The number of benzene rings is 1. The van der Waals surface area contributed by atoms with Crippen LogP contribution in [0.15, 0.2) is 30.3 Å². The van der Waals surface area contributed by atoms with Gasteiger partial charge in [-0.05, 0) is 19.0 Å². The second-order valence-electron chi connectivity index (χ2n) is 4.89. The fourth-order valence-corrected chi connectivity index (χ4v) is 2.07. The number of aliphatic hydroxyl groups is 1. The van der Waals surface area contributed by atoms with E-state index in [1.165, 1.54) is 5.56 Å². The Morgan fingerprint density at radius 3 is 2.61 bits per heavy atom. The highest BCUT2D eigenvalue weighted by Crippen LogP contribution is 2.06. The molecule has 100 valence electrons. The van der Waals surface area contributed by atoms with E-state index in [1.807, 2.05) is 25.2 Å². The fraction of sp³-hybridized carbons (Fsp3) is 0.533. The zero-order valence-corrected chi connectivity index (χ0v) is 11.4. The Balaban J connectivity index is 2.31. The lowest BCUT2D eigenvalue weighted by atomic mass is 10.1. The molecule has 0 unspecified atom stereocenters. The van der Waals surface area contributed by atoms with Crippen molar-refractivity contribution in [2.75, 3.05) is 13.6 Å². The molecule has 0 aromatic heterocycles. The molecule has 0 radical (unpaired) electrons. The van der Waals surface area contributed by atoms with Crippen LogP contribution in [0.3, 0.4) is 0 Å². The van der Waals surface area contributed by atoms with E-state index in [0.717, 1.165) is 19.4 Å². The SMILES string of the molecule is CCCC(=N)C[C@@H](O)CN(C)Cc1ccccc1. The fourth-order valence-electron chi connectivity index (χ4n) is 2.07. The van der Waals surface area contributed by atoms with E-state index >= 15 is 0 Å². The zero-order valence-electron chi connectivity index (χ0n) is 11.4. The van der Waals surface area contributed by atoms with Gasteiger partial charge in [-0.3, -0.25) is 4.90 Å². The van der Waals surface area contributed by atoms with Gasteiger partial charge in [-0.2, -0.15) is 0 Å². The summed E-state index contributed by atoms with van der Waals surface area (Å²) in [5.41, 5.74) is 1.90. The highest BCUT2D eigenvalue weighted by molar-refractivity contribution is 5.81. The van der Waals surface area contributed by atoms with Crippen molar-refractivity contribution in [3.63, 3.8) is 0 Å². The summed E-state index contributed by atoms with van der Waals surface area (Å²) in [7, 11) is 2.00. The van der Waals surface area contributed by atoms with Crippen molar-refractivity contribution in [3.8, 4) is 0 Å². The Bertz CT molecular complexity index is 351. The molecule has 1 aromatic carbocycles. The number of aliphatic hydroxyl groups excluding tert-OH is 1. The van der Waals surface area contributed by atoms with Gasteiger partial charge in [-0.15, -0.1) is 0 Å². The first-order valence-electron chi connectivity index (χ1n) is 6.58. The molecule has 0 saturated carbocycles. The van der Waals surface area contributed by atoms with E-state index in [4.69, 9.17) is 5.41 Å². The lowest BCUT2D eigenvalue weighted by Crippen LogP contribution is -2.30. The average molecular weight is 248 g/mol. The van der Waals surface area contributed by atoms with Gasteiger partial charge in [0.25, 0.3) is 0 Å². The van der Waals surface area contributed by atoms with Crippen molar-refractivity contribution in [2.45, 2.75) is 38.8 Å². The number of rotatable bonds is 8.